The van der Waals surface area contributed by atoms with E-state index in [0.29, 0.717) is 29.7 Å². The van der Waals surface area contributed by atoms with Crippen molar-refractivity contribution in [1.82, 2.24) is 5.32 Å². The molecule has 160 valence electrons. The summed E-state index contributed by atoms with van der Waals surface area (Å²) in [6.07, 6.45) is 0. The fraction of sp³-hybridized carbons (Fsp3) is 0.250. The highest BCUT2D eigenvalue weighted by Crippen LogP contribution is 2.37. The van der Waals surface area contributed by atoms with Gasteiger partial charge in [-0.05, 0) is 54.8 Å². The Hall–Kier alpha value is -2.27. The Labute approximate surface area is 188 Å². The highest BCUT2D eigenvalue weighted by atomic mass is 35.5. The molecule has 0 heterocycles. The minimum atomic E-state index is -0.275. The van der Waals surface area contributed by atoms with Gasteiger partial charge in [-0.3, -0.25) is 0 Å². The molecule has 0 saturated carbocycles. The van der Waals surface area contributed by atoms with Crippen LogP contribution < -0.4 is 14.8 Å². The molecule has 1 unspecified atom stereocenters. The predicted molar refractivity (Wildman–Crippen MR) is 122 cm³/mol. The van der Waals surface area contributed by atoms with Crippen molar-refractivity contribution in [2.75, 3.05) is 6.61 Å². The van der Waals surface area contributed by atoms with E-state index >= 15 is 0 Å². The van der Waals surface area contributed by atoms with E-state index < -0.39 is 0 Å². The standard InChI is InChI=1S/C24H25ClFNO2.ClH/c1-3-28-23-14-19(15-27-17(2)20-7-5-4-6-8-20)13-22(25)24(23)29-16-18-9-11-21(26)12-10-18;/h4-14,17,27H,3,15-16H2,1-2H3;1H. The molecule has 0 aromatic heterocycles. The Morgan fingerprint density at radius 1 is 0.967 bits per heavy atom. The van der Waals surface area contributed by atoms with Crippen LogP contribution in [0.15, 0.2) is 66.7 Å². The molecule has 0 spiro atoms. The third-order valence-electron chi connectivity index (χ3n) is 4.58. The molecule has 30 heavy (non-hydrogen) atoms. The topological polar surface area (TPSA) is 30.5 Å². The Morgan fingerprint density at radius 3 is 2.33 bits per heavy atom. The minimum Gasteiger partial charge on any atom is -0.490 e. The zero-order valence-corrected chi connectivity index (χ0v) is 18.6. The minimum absolute atomic E-state index is 0. The number of hydrogen-bond acceptors (Lipinski definition) is 3. The normalized spacial score (nSPS) is 11.5. The molecule has 3 aromatic rings. The van der Waals surface area contributed by atoms with E-state index in [0.717, 1.165) is 11.1 Å². The Balaban J connectivity index is 0.00000320. The molecule has 0 radical (unpaired) electrons. The average Bonchev–Trinajstić information content (AvgIpc) is 2.73. The zero-order chi connectivity index (χ0) is 20.6. The lowest BCUT2D eigenvalue weighted by Crippen LogP contribution is -2.18. The number of halogens is 3. The SMILES string of the molecule is CCOc1cc(CNC(C)c2ccccc2)cc(Cl)c1OCc1ccc(F)cc1.Cl. The van der Waals surface area contributed by atoms with Crippen molar-refractivity contribution in [2.24, 2.45) is 0 Å². The molecular weight excluding hydrogens is 424 g/mol. The van der Waals surface area contributed by atoms with E-state index in [4.69, 9.17) is 21.1 Å². The number of nitrogens with one attached hydrogen (secondary N) is 1. The van der Waals surface area contributed by atoms with Crippen molar-refractivity contribution in [2.45, 2.75) is 33.0 Å². The molecule has 3 aromatic carbocycles. The number of ether oxygens (including phenoxy) is 2. The smallest absolute Gasteiger partial charge is 0.180 e. The lowest BCUT2D eigenvalue weighted by Gasteiger charge is -2.17. The summed E-state index contributed by atoms with van der Waals surface area (Å²) in [5, 5.41) is 3.99. The summed E-state index contributed by atoms with van der Waals surface area (Å²) >= 11 is 6.50. The van der Waals surface area contributed by atoms with Crippen LogP contribution in [0.1, 0.15) is 36.6 Å². The van der Waals surface area contributed by atoms with Crippen LogP contribution in [0, 0.1) is 5.82 Å². The van der Waals surface area contributed by atoms with Gasteiger partial charge in [0, 0.05) is 12.6 Å². The second kappa shape index (κ2) is 11.8. The van der Waals surface area contributed by atoms with Gasteiger partial charge in [0.15, 0.2) is 11.5 Å². The largest absolute Gasteiger partial charge is 0.490 e. The Bertz CT molecular complexity index is 920. The molecule has 0 aliphatic heterocycles. The summed E-state index contributed by atoms with van der Waals surface area (Å²) in [5.41, 5.74) is 3.09. The summed E-state index contributed by atoms with van der Waals surface area (Å²) in [7, 11) is 0. The van der Waals surface area contributed by atoms with Crippen LogP contribution in [-0.4, -0.2) is 6.61 Å². The van der Waals surface area contributed by atoms with Crippen molar-refractivity contribution in [3.63, 3.8) is 0 Å². The molecule has 0 aliphatic rings. The van der Waals surface area contributed by atoms with E-state index in [1.807, 2.05) is 37.3 Å². The summed E-state index contributed by atoms with van der Waals surface area (Å²) in [6, 6.07) is 20.5. The van der Waals surface area contributed by atoms with Gasteiger partial charge in [-0.1, -0.05) is 54.1 Å². The second-order valence-corrected chi connectivity index (χ2v) is 7.17. The average molecular weight is 450 g/mol. The van der Waals surface area contributed by atoms with Crippen molar-refractivity contribution < 1.29 is 13.9 Å². The molecular formula is C24H26Cl2FNO2. The van der Waals surface area contributed by atoms with Crippen LogP contribution in [0.2, 0.25) is 5.02 Å². The molecule has 0 saturated heterocycles. The third kappa shape index (κ3) is 6.63. The lowest BCUT2D eigenvalue weighted by molar-refractivity contribution is 0.269. The van der Waals surface area contributed by atoms with Gasteiger partial charge in [0.1, 0.15) is 12.4 Å². The van der Waals surface area contributed by atoms with Gasteiger partial charge in [0.05, 0.1) is 11.6 Å². The maximum Gasteiger partial charge on any atom is 0.180 e. The van der Waals surface area contributed by atoms with Gasteiger partial charge in [-0.15, -0.1) is 12.4 Å². The van der Waals surface area contributed by atoms with Crippen LogP contribution in [0.25, 0.3) is 0 Å². The van der Waals surface area contributed by atoms with Gasteiger partial charge in [-0.25, -0.2) is 4.39 Å². The summed E-state index contributed by atoms with van der Waals surface area (Å²) < 4.78 is 24.7. The molecule has 3 nitrogen and oxygen atoms in total. The number of benzene rings is 3. The first kappa shape index (κ1) is 24.0. The quantitative estimate of drug-likeness (QED) is 0.392. The highest BCUT2D eigenvalue weighted by molar-refractivity contribution is 6.32. The van der Waals surface area contributed by atoms with E-state index in [2.05, 4.69) is 24.4 Å². The maximum absolute atomic E-state index is 13.1. The second-order valence-electron chi connectivity index (χ2n) is 6.77. The van der Waals surface area contributed by atoms with Crippen molar-refractivity contribution in [3.05, 3.63) is 94.3 Å². The lowest BCUT2D eigenvalue weighted by atomic mass is 10.1. The first-order valence-electron chi connectivity index (χ1n) is 9.67. The number of rotatable bonds is 9. The molecule has 0 amide bonds. The van der Waals surface area contributed by atoms with Crippen LogP contribution in [0.4, 0.5) is 4.39 Å². The predicted octanol–water partition coefficient (Wildman–Crippen LogP) is 6.73. The third-order valence-corrected chi connectivity index (χ3v) is 4.86. The summed E-state index contributed by atoms with van der Waals surface area (Å²) in [6.45, 7) is 5.47. The molecule has 1 N–H and O–H groups in total. The van der Waals surface area contributed by atoms with Gasteiger partial charge in [-0.2, -0.15) is 0 Å². The van der Waals surface area contributed by atoms with Crippen LogP contribution in [0.3, 0.4) is 0 Å². The molecule has 3 rings (SSSR count). The molecule has 6 heteroatoms. The van der Waals surface area contributed by atoms with Crippen LogP contribution in [-0.2, 0) is 13.2 Å². The first-order valence-corrected chi connectivity index (χ1v) is 10.1. The maximum atomic E-state index is 13.1. The van der Waals surface area contributed by atoms with Gasteiger partial charge in [0.25, 0.3) is 0 Å². The van der Waals surface area contributed by atoms with E-state index in [-0.39, 0.29) is 30.9 Å². The van der Waals surface area contributed by atoms with E-state index in [9.17, 15) is 4.39 Å². The summed E-state index contributed by atoms with van der Waals surface area (Å²) in [5.74, 6) is 0.826. The van der Waals surface area contributed by atoms with E-state index in [1.165, 1.54) is 17.7 Å². The molecule has 0 fully saturated rings. The zero-order valence-electron chi connectivity index (χ0n) is 17.0. The fourth-order valence-electron chi connectivity index (χ4n) is 2.99. The van der Waals surface area contributed by atoms with Gasteiger partial charge < -0.3 is 14.8 Å². The summed E-state index contributed by atoms with van der Waals surface area (Å²) in [4.78, 5) is 0. The van der Waals surface area contributed by atoms with E-state index in [1.54, 1.807) is 12.1 Å². The van der Waals surface area contributed by atoms with Crippen molar-refractivity contribution in [1.29, 1.82) is 0 Å². The monoisotopic (exact) mass is 449 g/mol. The highest BCUT2D eigenvalue weighted by Gasteiger charge is 2.14. The van der Waals surface area contributed by atoms with Gasteiger partial charge >= 0.3 is 0 Å². The Morgan fingerprint density at radius 2 is 1.67 bits per heavy atom. The molecule has 1 atom stereocenters. The Kier molecular flexibility index (Phi) is 9.44. The first-order chi connectivity index (χ1) is 14.1. The van der Waals surface area contributed by atoms with Crippen LogP contribution in [0.5, 0.6) is 11.5 Å². The molecule has 0 bridgehead atoms. The van der Waals surface area contributed by atoms with Crippen LogP contribution >= 0.6 is 24.0 Å². The number of hydrogen-bond donors (Lipinski definition) is 1. The van der Waals surface area contributed by atoms with Crippen molar-refractivity contribution >= 4 is 24.0 Å². The van der Waals surface area contributed by atoms with Crippen molar-refractivity contribution in [3.8, 4) is 11.5 Å². The molecule has 0 aliphatic carbocycles. The fourth-order valence-corrected chi connectivity index (χ4v) is 3.28. The van der Waals surface area contributed by atoms with Gasteiger partial charge in [0.2, 0.25) is 0 Å².